The first-order valence-electron chi connectivity index (χ1n) is 5.64. The number of nitrogens with one attached hydrogen (secondary N) is 1. The standard InChI is InChI=1S/C13H13F3N2/c1-3-8-6-9-7-10(13(14,15)16)4-5-11(9)18-12(8)17-2/h4-7H,3H2,1-2H3,(H,17,18). The van der Waals surface area contributed by atoms with E-state index in [9.17, 15) is 13.2 Å². The molecule has 0 unspecified atom stereocenters. The van der Waals surface area contributed by atoms with Crippen molar-refractivity contribution in [1.82, 2.24) is 4.98 Å². The van der Waals surface area contributed by atoms with Crippen LogP contribution in [0, 0.1) is 0 Å². The number of halogens is 3. The molecule has 0 atom stereocenters. The average Bonchev–Trinajstić information content (AvgIpc) is 2.35. The van der Waals surface area contributed by atoms with Crippen LogP contribution in [0.3, 0.4) is 0 Å². The number of nitrogens with zero attached hydrogens (tertiary/aromatic N) is 1. The highest BCUT2D eigenvalue weighted by Gasteiger charge is 2.30. The summed E-state index contributed by atoms with van der Waals surface area (Å²) < 4.78 is 37.8. The maximum Gasteiger partial charge on any atom is 0.416 e. The normalized spacial score (nSPS) is 11.8. The summed E-state index contributed by atoms with van der Waals surface area (Å²) in [6.07, 6.45) is -3.60. The maximum atomic E-state index is 12.6. The van der Waals surface area contributed by atoms with Gasteiger partial charge < -0.3 is 5.32 Å². The van der Waals surface area contributed by atoms with Crippen molar-refractivity contribution in [3.8, 4) is 0 Å². The van der Waals surface area contributed by atoms with Gasteiger partial charge in [-0.3, -0.25) is 0 Å². The van der Waals surface area contributed by atoms with Crippen molar-refractivity contribution in [2.45, 2.75) is 19.5 Å². The van der Waals surface area contributed by atoms with E-state index in [1.54, 1.807) is 13.1 Å². The minimum absolute atomic E-state index is 0.515. The third-order valence-electron chi connectivity index (χ3n) is 2.84. The summed E-state index contributed by atoms with van der Waals surface area (Å²) in [7, 11) is 1.75. The molecule has 0 spiro atoms. The van der Waals surface area contributed by atoms with Gasteiger partial charge in [-0.15, -0.1) is 0 Å². The number of alkyl halides is 3. The van der Waals surface area contributed by atoms with Crippen LogP contribution in [0.25, 0.3) is 10.9 Å². The van der Waals surface area contributed by atoms with Crippen LogP contribution in [0.2, 0.25) is 0 Å². The lowest BCUT2D eigenvalue weighted by molar-refractivity contribution is -0.137. The molecule has 1 aromatic heterocycles. The van der Waals surface area contributed by atoms with E-state index in [0.717, 1.165) is 24.1 Å². The predicted octanol–water partition coefficient (Wildman–Crippen LogP) is 3.86. The summed E-state index contributed by atoms with van der Waals surface area (Å²) in [5.41, 5.74) is 0.824. The SMILES string of the molecule is CCc1cc2cc(C(F)(F)F)ccc2nc1NC. The Labute approximate surface area is 103 Å². The molecule has 2 rings (SSSR count). The van der Waals surface area contributed by atoms with Crippen LogP contribution in [0.5, 0.6) is 0 Å². The van der Waals surface area contributed by atoms with Gasteiger partial charge >= 0.3 is 6.18 Å². The molecule has 0 amide bonds. The Bertz CT molecular complexity index is 576. The zero-order valence-electron chi connectivity index (χ0n) is 10.1. The predicted molar refractivity (Wildman–Crippen MR) is 65.7 cm³/mol. The van der Waals surface area contributed by atoms with E-state index in [1.165, 1.54) is 6.07 Å². The van der Waals surface area contributed by atoms with Crippen molar-refractivity contribution >= 4 is 16.7 Å². The molecule has 1 aromatic carbocycles. The van der Waals surface area contributed by atoms with Gasteiger partial charge in [0.25, 0.3) is 0 Å². The average molecular weight is 254 g/mol. The van der Waals surface area contributed by atoms with Crippen molar-refractivity contribution < 1.29 is 13.2 Å². The Hall–Kier alpha value is -1.78. The molecule has 2 aromatic rings. The fraction of sp³-hybridized carbons (Fsp3) is 0.308. The zero-order valence-corrected chi connectivity index (χ0v) is 10.1. The Morgan fingerprint density at radius 2 is 1.94 bits per heavy atom. The number of anilines is 1. The van der Waals surface area contributed by atoms with E-state index < -0.39 is 11.7 Å². The largest absolute Gasteiger partial charge is 0.416 e. The van der Waals surface area contributed by atoms with E-state index in [1.807, 2.05) is 6.92 Å². The van der Waals surface area contributed by atoms with Gasteiger partial charge in [-0.1, -0.05) is 6.92 Å². The van der Waals surface area contributed by atoms with Crippen molar-refractivity contribution in [3.63, 3.8) is 0 Å². The van der Waals surface area contributed by atoms with Crippen LogP contribution in [0.15, 0.2) is 24.3 Å². The van der Waals surface area contributed by atoms with Crippen molar-refractivity contribution in [2.75, 3.05) is 12.4 Å². The van der Waals surface area contributed by atoms with Crippen molar-refractivity contribution in [1.29, 1.82) is 0 Å². The highest BCUT2D eigenvalue weighted by atomic mass is 19.4. The summed E-state index contributed by atoms with van der Waals surface area (Å²) in [5.74, 6) is 0.713. The quantitative estimate of drug-likeness (QED) is 0.880. The van der Waals surface area contributed by atoms with E-state index in [2.05, 4.69) is 10.3 Å². The Morgan fingerprint density at radius 3 is 2.50 bits per heavy atom. The monoisotopic (exact) mass is 254 g/mol. The number of hydrogen-bond donors (Lipinski definition) is 1. The van der Waals surface area contributed by atoms with E-state index in [0.29, 0.717) is 16.7 Å². The second kappa shape index (κ2) is 4.48. The van der Waals surface area contributed by atoms with Gasteiger partial charge in [0.2, 0.25) is 0 Å². The minimum Gasteiger partial charge on any atom is -0.373 e. The van der Waals surface area contributed by atoms with Gasteiger partial charge in [-0.25, -0.2) is 4.98 Å². The van der Waals surface area contributed by atoms with E-state index >= 15 is 0 Å². The first kappa shape index (κ1) is 12.7. The van der Waals surface area contributed by atoms with Gasteiger partial charge in [0.05, 0.1) is 11.1 Å². The summed E-state index contributed by atoms with van der Waals surface area (Å²) in [6, 6.07) is 5.35. The van der Waals surface area contributed by atoms with Gasteiger partial charge in [0.15, 0.2) is 0 Å². The topological polar surface area (TPSA) is 24.9 Å². The number of hydrogen-bond acceptors (Lipinski definition) is 2. The lowest BCUT2D eigenvalue weighted by Gasteiger charge is -2.11. The van der Waals surface area contributed by atoms with Gasteiger partial charge in [0, 0.05) is 12.4 Å². The van der Waals surface area contributed by atoms with Crippen LogP contribution in [-0.2, 0) is 12.6 Å². The van der Waals surface area contributed by atoms with Crippen LogP contribution in [0.4, 0.5) is 19.0 Å². The molecule has 0 saturated heterocycles. The van der Waals surface area contributed by atoms with Gasteiger partial charge in [-0.2, -0.15) is 13.2 Å². The molecule has 0 fully saturated rings. The number of aryl methyl sites for hydroxylation is 1. The molecule has 0 bridgehead atoms. The van der Waals surface area contributed by atoms with Crippen molar-refractivity contribution in [2.24, 2.45) is 0 Å². The van der Waals surface area contributed by atoms with Gasteiger partial charge in [-0.05, 0) is 36.2 Å². The molecule has 0 aliphatic rings. The summed E-state index contributed by atoms with van der Waals surface area (Å²) >= 11 is 0. The molecule has 0 radical (unpaired) electrons. The highest BCUT2D eigenvalue weighted by Crippen LogP contribution is 2.32. The van der Waals surface area contributed by atoms with Crippen LogP contribution < -0.4 is 5.32 Å². The Balaban J connectivity index is 2.63. The fourth-order valence-corrected chi connectivity index (χ4v) is 1.88. The number of aromatic nitrogens is 1. The number of pyridine rings is 1. The maximum absolute atomic E-state index is 12.6. The molecule has 0 aliphatic carbocycles. The zero-order chi connectivity index (χ0) is 13.3. The third kappa shape index (κ3) is 2.25. The Morgan fingerprint density at radius 1 is 1.22 bits per heavy atom. The number of rotatable bonds is 2. The Kier molecular flexibility index (Phi) is 3.15. The van der Waals surface area contributed by atoms with E-state index in [4.69, 9.17) is 0 Å². The first-order valence-corrected chi connectivity index (χ1v) is 5.64. The lowest BCUT2D eigenvalue weighted by Crippen LogP contribution is -2.05. The first-order chi connectivity index (χ1) is 8.45. The fourth-order valence-electron chi connectivity index (χ4n) is 1.88. The molecule has 1 heterocycles. The molecule has 18 heavy (non-hydrogen) atoms. The summed E-state index contributed by atoms with van der Waals surface area (Å²) in [4.78, 5) is 4.31. The second-order valence-electron chi connectivity index (χ2n) is 4.00. The molecular weight excluding hydrogens is 241 g/mol. The molecular formula is C13H13F3N2. The lowest BCUT2D eigenvalue weighted by atomic mass is 10.1. The highest BCUT2D eigenvalue weighted by molar-refractivity contribution is 5.82. The molecule has 0 saturated carbocycles. The smallest absolute Gasteiger partial charge is 0.373 e. The van der Waals surface area contributed by atoms with Gasteiger partial charge in [0.1, 0.15) is 5.82 Å². The van der Waals surface area contributed by atoms with Crippen LogP contribution >= 0.6 is 0 Å². The van der Waals surface area contributed by atoms with Crippen molar-refractivity contribution in [3.05, 3.63) is 35.4 Å². The molecule has 5 heteroatoms. The second-order valence-corrected chi connectivity index (χ2v) is 4.00. The van der Waals surface area contributed by atoms with E-state index in [-0.39, 0.29) is 0 Å². The third-order valence-corrected chi connectivity index (χ3v) is 2.84. The summed E-state index contributed by atoms with van der Waals surface area (Å²) in [6.45, 7) is 1.94. The molecule has 1 N–H and O–H groups in total. The van der Waals surface area contributed by atoms with Crippen LogP contribution in [0.1, 0.15) is 18.1 Å². The number of fused-ring (bicyclic) bond motifs is 1. The molecule has 2 nitrogen and oxygen atoms in total. The summed E-state index contributed by atoms with van der Waals surface area (Å²) in [5, 5.41) is 3.46. The molecule has 0 aliphatic heterocycles. The van der Waals surface area contributed by atoms with Crippen LogP contribution in [-0.4, -0.2) is 12.0 Å². The minimum atomic E-state index is -4.32. The molecule has 96 valence electrons. The number of benzene rings is 1.